The van der Waals surface area contributed by atoms with Crippen LogP contribution in [0.4, 0.5) is 5.82 Å². The van der Waals surface area contributed by atoms with Crippen molar-refractivity contribution in [3.8, 4) is 0 Å². The molecule has 132 valence electrons. The van der Waals surface area contributed by atoms with Gasteiger partial charge in [-0.15, -0.1) is 0 Å². The van der Waals surface area contributed by atoms with Crippen LogP contribution >= 0.6 is 0 Å². The second kappa shape index (κ2) is 7.63. The molecule has 1 aromatic carbocycles. The lowest BCUT2D eigenvalue weighted by Crippen LogP contribution is -2.25. The summed E-state index contributed by atoms with van der Waals surface area (Å²) in [7, 11) is 0. The Morgan fingerprint density at radius 1 is 1.20 bits per heavy atom. The second-order valence-electron chi connectivity index (χ2n) is 6.26. The summed E-state index contributed by atoms with van der Waals surface area (Å²) in [6.45, 7) is 7.08. The molecule has 25 heavy (non-hydrogen) atoms. The number of benzene rings is 1. The van der Waals surface area contributed by atoms with Gasteiger partial charge >= 0.3 is 0 Å². The van der Waals surface area contributed by atoms with Crippen LogP contribution in [0.3, 0.4) is 0 Å². The van der Waals surface area contributed by atoms with Crippen molar-refractivity contribution in [1.82, 2.24) is 14.6 Å². The Labute approximate surface area is 147 Å². The van der Waals surface area contributed by atoms with Crippen molar-refractivity contribution in [2.24, 2.45) is 0 Å². The molecule has 0 aliphatic carbocycles. The van der Waals surface area contributed by atoms with Gasteiger partial charge in [0.15, 0.2) is 5.65 Å². The summed E-state index contributed by atoms with van der Waals surface area (Å²) in [6, 6.07) is 11.9. The summed E-state index contributed by atoms with van der Waals surface area (Å²) in [5, 5.41) is 17.9. The number of nitrogens with zero attached hydrogens (tertiary/aromatic N) is 3. The van der Waals surface area contributed by atoms with Gasteiger partial charge in [-0.25, -0.2) is 4.98 Å². The smallest absolute Gasteiger partial charge is 0.160 e. The fourth-order valence-electron chi connectivity index (χ4n) is 2.64. The summed E-state index contributed by atoms with van der Waals surface area (Å²) in [6.07, 6.45) is -0.606. The van der Waals surface area contributed by atoms with E-state index in [1.807, 2.05) is 57.2 Å². The van der Waals surface area contributed by atoms with Gasteiger partial charge in [0, 0.05) is 23.9 Å². The maximum absolute atomic E-state index is 10.2. The summed E-state index contributed by atoms with van der Waals surface area (Å²) in [4.78, 5) is 4.54. The number of hydrogen-bond acceptors (Lipinski definition) is 5. The molecule has 0 saturated heterocycles. The van der Waals surface area contributed by atoms with Gasteiger partial charge in [0.1, 0.15) is 5.82 Å². The molecule has 1 atom stereocenters. The van der Waals surface area contributed by atoms with Crippen molar-refractivity contribution in [2.75, 3.05) is 18.5 Å². The molecule has 3 aromatic rings. The van der Waals surface area contributed by atoms with E-state index in [4.69, 9.17) is 4.74 Å². The number of hydrogen-bond donors (Lipinski definition) is 2. The van der Waals surface area contributed by atoms with Crippen LogP contribution in [0.2, 0.25) is 0 Å². The highest BCUT2D eigenvalue weighted by Gasteiger charge is 2.12. The molecular formula is C19H24N4O2. The highest BCUT2D eigenvalue weighted by Crippen LogP contribution is 2.18. The van der Waals surface area contributed by atoms with Crippen LogP contribution in [0.15, 0.2) is 36.4 Å². The number of aryl methyl sites for hydroxylation is 3. The van der Waals surface area contributed by atoms with Gasteiger partial charge in [0.25, 0.3) is 0 Å². The molecule has 0 aliphatic rings. The Balaban J connectivity index is 1.58. The van der Waals surface area contributed by atoms with Crippen molar-refractivity contribution >= 4 is 11.5 Å². The third-order valence-corrected chi connectivity index (χ3v) is 4.13. The van der Waals surface area contributed by atoms with E-state index in [2.05, 4.69) is 15.4 Å². The largest absolute Gasteiger partial charge is 0.389 e. The zero-order chi connectivity index (χ0) is 17.8. The number of aromatic nitrogens is 3. The van der Waals surface area contributed by atoms with Crippen LogP contribution in [0.1, 0.15) is 22.5 Å². The number of rotatable bonds is 7. The van der Waals surface area contributed by atoms with Crippen molar-refractivity contribution in [2.45, 2.75) is 33.5 Å². The number of aliphatic hydroxyl groups is 1. The van der Waals surface area contributed by atoms with Gasteiger partial charge in [-0.05, 0) is 26.3 Å². The minimum atomic E-state index is -0.606. The van der Waals surface area contributed by atoms with E-state index in [0.717, 1.165) is 34.0 Å². The first-order valence-corrected chi connectivity index (χ1v) is 8.42. The van der Waals surface area contributed by atoms with E-state index in [0.29, 0.717) is 13.2 Å². The van der Waals surface area contributed by atoms with Gasteiger partial charge < -0.3 is 15.2 Å². The minimum absolute atomic E-state index is 0.270. The average Bonchev–Trinajstić information content (AvgIpc) is 2.89. The number of ether oxygens (including phenoxy) is 1. The van der Waals surface area contributed by atoms with E-state index < -0.39 is 6.10 Å². The fourth-order valence-corrected chi connectivity index (χ4v) is 2.64. The average molecular weight is 340 g/mol. The third kappa shape index (κ3) is 4.15. The predicted molar refractivity (Wildman–Crippen MR) is 97.8 cm³/mol. The summed E-state index contributed by atoms with van der Waals surface area (Å²) < 4.78 is 7.37. The van der Waals surface area contributed by atoms with Crippen LogP contribution in [0.5, 0.6) is 0 Å². The highest BCUT2D eigenvalue weighted by atomic mass is 16.5. The Bertz CT molecular complexity index is 846. The number of anilines is 1. The van der Waals surface area contributed by atoms with Gasteiger partial charge in [0.05, 0.1) is 25.0 Å². The summed E-state index contributed by atoms with van der Waals surface area (Å²) in [5.41, 5.74) is 4.87. The first-order chi connectivity index (χ1) is 12.0. The Morgan fingerprint density at radius 3 is 2.72 bits per heavy atom. The minimum Gasteiger partial charge on any atom is -0.389 e. The predicted octanol–water partition coefficient (Wildman–Crippen LogP) is 2.64. The first kappa shape index (κ1) is 17.4. The lowest BCUT2D eigenvalue weighted by Gasteiger charge is -2.14. The molecule has 0 saturated carbocycles. The molecule has 0 fully saturated rings. The van der Waals surface area contributed by atoms with E-state index in [1.54, 1.807) is 4.52 Å². The Morgan fingerprint density at radius 2 is 1.96 bits per heavy atom. The van der Waals surface area contributed by atoms with E-state index in [1.165, 1.54) is 0 Å². The lowest BCUT2D eigenvalue weighted by molar-refractivity contribution is 0.0348. The van der Waals surface area contributed by atoms with Crippen molar-refractivity contribution < 1.29 is 9.84 Å². The Kier molecular flexibility index (Phi) is 5.31. The molecule has 0 radical (unpaired) electrons. The molecule has 0 spiro atoms. The quantitative estimate of drug-likeness (QED) is 0.692. The summed E-state index contributed by atoms with van der Waals surface area (Å²) in [5.74, 6) is 0.820. The molecule has 2 aromatic heterocycles. The zero-order valence-electron chi connectivity index (χ0n) is 14.9. The summed E-state index contributed by atoms with van der Waals surface area (Å²) >= 11 is 0. The normalized spacial score (nSPS) is 12.5. The van der Waals surface area contributed by atoms with Crippen LogP contribution in [0, 0.1) is 20.8 Å². The van der Waals surface area contributed by atoms with Crippen LogP contribution < -0.4 is 5.32 Å². The topological polar surface area (TPSA) is 71.7 Å². The first-order valence-electron chi connectivity index (χ1n) is 8.42. The molecule has 1 unspecified atom stereocenters. The highest BCUT2D eigenvalue weighted by molar-refractivity contribution is 5.55. The number of aliphatic hydroxyl groups excluding tert-OH is 1. The molecule has 0 bridgehead atoms. The van der Waals surface area contributed by atoms with Crippen LogP contribution in [0.25, 0.3) is 5.65 Å². The van der Waals surface area contributed by atoms with E-state index in [-0.39, 0.29) is 6.61 Å². The monoisotopic (exact) mass is 340 g/mol. The van der Waals surface area contributed by atoms with Crippen molar-refractivity contribution in [1.29, 1.82) is 0 Å². The number of nitrogens with one attached hydrogen (secondary N) is 1. The third-order valence-electron chi connectivity index (χ3n) is 4.13. The van der Waals surface area contributed by atoms with Gasteiger partial charge in [0.2, 0.25) is 0 Å². The van der Waals surface area contributed by atoms with E-state index in [9.17, 15) is 5.11 Å². The second-order valence-corrected chi connectivity index (χ2v) is 6.26. The van der Waals surface area contributed by atoms with Gasteiger partial charge in [-0.3, -0.25) is 0 Å². The molecule has 6 heteroatoms. The maximum atomic E-state index is 10.2. The molecule has 3 rings (SSSR count). The lowest BCUT2D eigenvalue weighted by atomic mass is 10.2. The SMILES string of the molecule is Cc1cc(NCC(O)COCc2ccccc2)n2nc(C)c(C)c2n1. The van der Waals surface area contributed by atoms with Crippen LogP contribution in [-0.2, 0) is 11.3 Å². The van der Waals surface area contributed by atoms with Crippen molar-refractivity contribution in [3.05, 3.63) is 58.9 Å². The molecule has 0 amide bonds. The van der Waals surface area contributed by atoms with Gasteiger partial charge in [-0.2, -0.15) is 9.61 Å². The fraction of sp³-hybridized carbons (Fsp3) is 0.368. The molecule has 2 heterocycles. The standard InChI is InChI=1S/C19H24N4O2/c1-13-9-18(23-19(21-13)14(2)15(3)22-23)20-10-17(24)12-25-11-16-7-5-4-6-8-16/h4-9,17,20,24H,10-12H2,1-3H3. The number of fused-ring (bicyclic) bond motifs is 1. The van der Waals surface area contributed by atoms with Crippen molar-refractivity contribution in [3.63, 3.8) is 0 Å². The Hall–Kier alpha value is -2.44. The van der Waals surface area contributed by atoms with Crippen LogP contribution in [-0.4, -0.2) is 39.0 Å². The molecular weight excluding hydrogens is 316 g/mol. The molecule has 6 nitrogen and oxygen atoms in total. The maximum Gasteiger partial charge on any atom is 0.160 e. The molecule has 2 N–H and O–H groups in total. The van der Waals surface area contributed by atoms with Gasteiger partial charge in [-0.1, -0.05) is 30.3 Å². The van der Waals surface area contributed by atoms with E-state index >= 15 is 0 Å². The molecule has 0 aliphatic heterocycles. The zero-order valence-corrected chi connectivity index (χ0v) is 14.9.